The SMILES string of the molecule is CN(Cc1ccsc1)c1ccc(C(=O)NCCC2CCCCN2C)cn1. The second-order valence-electron chi connectivity index (χ2n) is 7.07. The largest absolute Gasteiger partial charge is 0.355 e. The van der Waals surface area contributed by atoms with E-state index in [9.17, 15) is 4.79 Å². The van der Waals surface area contributed by atoms with Crippen molar-refractivity contribution >= 4 is 23.1 Å². The van der Waals surface area contributed by atoms with Crippen molar-refractivity contribution in [2.24, 2.45) is 0 Å². The van der Waals surface area contributed by atoms with Crippen LogP contribution in [0.4, 0.5) is 5.82 Å². The van der Waals surface area contributed by atoms with Gasteiger partial charge in [-0.1, -0.05) is 6.42 Å². The molecule has 0 spiro atoms. The lowest BCUT2D eigenvalue weighted by Gasteiger charge is -2.32. The van der Waals surface area contributed by atoms with Gasteiger partial charge in [0.2, 0.25) is 0 Å². The van der Waals surface area contributed by atoms with Crippen LogP contribution in [-0.2, 0) is 6.54 Å². The van der Waals surface area contributed by atoms with Crippen LogP contribution < -0.4 is 10.2 Å². The minimum Gasteiger partial charge on any atom is -0.355 e. The molecule has 6 heteroatoms. The van der Waals surface area contributed by atoms with E-state index >= 15 is 0 Å². The number of likely N-dealkylation sites (tertiary alicyclic amines) is 1. The number of amides is 1. The highest BCUT2D eigenvalue weighted by Gasteiger charge is 2.18. The number of carbonyl (C=O) groups is 1. The Bertz CT molecular complexity index is 686. The normalized spacial score (nSPS) is 17.8. The summed E-state index contributed by atoms with van der Waals surface area (Å²) in [5.41, 5.74) is 1.89. The molecule has 1 unspecified atom stereocenters. The first-order valence-corrected chi connectivity index (χ1v) is 10.2. The Morgan fingerprint density at radius 2 is 2.27 bits per heavy atom. The van der Waals surface area contributed by atoms with Gasteiger partial charge < -0.3 is 15.1 Å². The van der Waals surface area contributed by atoms with Crippen molar-refractivity contribution in [1.82, 2.24) is 15.2 Å². The van der Waals surface area contributed by atoms with Gasteiger partial charge in [-0.25, -0.2) is 4.98 Å². The van der Waals surface area contributed by atoms with Gasteiger partial charge in [-0.2, -0.15) is 11.3 Å². The third-order valence-electron chi connectivity index (χ3n) is 5.09. The van der Waals surface area contributed by atoms with E-state index in [0.29, 0.717) is 18.2 Å². The van der Waals surface area contributed by atoms with Gasteiger partial charge in [0.1, 0.15) is 5.82 Å². The average Bonchev–Trinajstić information content (AvgIpc) is 3.16. The van der Waals surface area contributed by atoms with E-state index in [0.717, 1.165) is 18.8 Å². The average molecular weight is 373 g/mol. The molecule has 140 valence electrons. The number of nitrogens with one attached hydrogen (secondary N) is 1. The Labute approximate surface area is 160 Å². The fourth-order valence-electron chi connectivity index (χ4n) is 3.45. The molecule has 1 fully saturated rings. The van der Waals surface area contributed by atoms with E-state index < -0.39 is 0 Å². The highest BCUT2D eigenvalue weighted by molar-refractivity contribution is 7.07. The predicted octanol–water partition coefficient (Wildman–Crippen LogP) is 3.38. The van der Waals surface area contributed by atoms with Gasteiger partial charge in [-0.15, -0.1) is 0 Å². The highest BCUT2D eigenvalue weighted by atomic mass is 32.1. The number of anilines is 1. The molecule has 1 N–H and O–H groups in total. The van der Waals surface area contributed by atoms with Crippen LogP contribution in [0.1, 0.15) is 41.6 Å². The molecule has 26 heavy (non-hydrogen) atoms. The number of hydrogen-bond acceptors (Lipinski definition) is 5. The summed E-state index contributed by atoms with van der Waals surface area (Å²) in [6.45, 7) is 2.70. The molecule has 1 saturated heterocycles. The Balaban J connectivity index is 1.47. The molecule has 0 saturated carbocycles. The monoisotopic (exact) mass is 372 g/mol. The topological polar surface area (TPSA) is 48.5 Å². The number of carbonyl (C=O) groups excluding carboxylic acids is 1. The summed E-state index contributed by atoms with van der Waals surface area (Å²) < 4.78 is 0. The molecule has 0 radical (unpaired) electrons. The van der Waals surface area contributed by atoms with Crippen LogP contribution >= 0.6 is 11.3 Å². The lowest BCUT2D eigenvalue weighted by atomic mass is 10.0. The van der Waals surface area contributed by atoms with Crippen molar-refractivity contribution < 1.29 is 4.79 Å². The van der Waals surface area contributed by atoms with Gasteiger partial charge in [0, 0.05) is 32.4 Å². The summed E-state index contributed by atoms with van der Waals surface area (Å²) >= 11 is 1.70. The molecule has 0 aromatic carbocycles. The Morgan fingerprint density at radius 1 is 1.38 bits per heavy atom. The summed E-state index contributed by atoms with van der Waals surface area (Å²) in [6, 6.07) is 6.48. The van der Waals surface area contributed by atoms with E-state index in [-0.39, 0.29) is 5.91 Å². The van der Waals surface area contributed by atoms with Crippen molar-refractivity contribution in [2.75, 3.05) is 32.1 Å². The quantitative estimate of drug-likeness (QED) is 0.809. The minimum atomic E-state index is -0.0389. The molecule has 0 bridgehead atoms. The Hall–Kier alpha value is -1.92. The maximum atomic E-state index is 12.3. The van der Waals surface area contributed by atoms with Gasteiger partial charge in [-0.3, -0.25) is 4.79 Å². The molecule has 1 atom stereocenters. The standard InChI is InChI=1S/C20H28N4OS/c1-23-11-4-3-5-18(23)8-10-21-20(25)17-6-7-19(22-13-17)24(2)14-16-9-12-26-15-16/h6-7,9,12-13,15,18H,3-5,8,10-11,14H2,1-2H3,(H,21,25). The van der Waals surface area contributed by atoms with E-state index in [2.05, 4.69) is 44.0 Å². The second-order valence-corrected chi connectivity index (χ2v) is 7.85. The van der Waals surface area contributed by atoms with E-state index in [1.807, 2.05) is 19.2 Å². The lowest BCUT2D eigenvalue weighted by Crippen LogP contribution is -2.39. The number of rotatable bonds is 7. The fraction of sp³-hybridized carbons (Fsp3) is 0.500. The molecule has 3 rings (SSSR count). The van der Waals surface area contributed by atoms with Crippen LogP contribution in [0.15, 0.2) is 35.2 Å². The Morgan fingerprint density at radius 3 is 2.96 bits per heavy atom. The fourth-order valence-corrected chi connectivity index (χ4v) is 4.11. The molecule has 1 aliphatic heterocycles. The molecule has 2 aromatic heterocycles. The third-order valence-corrected chi connectivity index (χ3v) is 5.82. The van der Waals surface area contributed by atoms with E-state index in [1.54, 1.807) is 17.5 Å². The van der Waals surface area contributed by atoms with E-state index in [4.69, 9.17) is 0 Å². The zero-order chi connectivity index (χ0) is 18.4. The summed E-state index contributed by atoms with van der Waals surface area (Å²) in [7, 11) is 4.20. The van der Waals surface area contributed by atoms with Crippen LogP contribution in [0, 0.1) is 0 Å². The first-order valence-electron chi connectivity index (χ1n) is 9.30. The minimum absolute atomic E-state index is 0.0389. The number of piperidine rings is 1. The first kappa shape index (κ1) is 18.9. The molecule has 2 aromatic rings. The number of pyridine rings is 1. The van der Waals surface area contributed by atoms with Crippen LogP contribution in [0.3, 0.4) is 0 Å². The van der Waals surface area contributed by atoms with Crippen molar-refractivity contribution in [1.29, 1.82) is 0 Å². The number of nitrogens with zero attached hydrogens (tertiary/aromatic N) is 3. The molecule has 0 aliphatic carbocycles. The summed E-state index contributed by atoms with van der Waals surface area (Å²) in [5, 5.41) is 7.25. The summed E-state index contributed by atoms with van der Waals surface area (Å²) in [4.78, 5) is 21.3. The molecule has 5 nitrogen and oxygen atoms in total. The highest BCUT2D eigenvalue weighted by Crippen LogP contribution is 2.17. The van der Waals surface area contributed by atoms with Crippen LogP contribution in [0.2, 0.25) is 0 Å². The maximum Gasteiger partial charge on any atom is 0.252 e. The Kier molecular flexibility index (Phi) is 6.63. The van der Waals surface area contributed by atoms with Gasteiger partial charge in [0.25, 0.3) is 5.91 Å². The van der Waals surface area contributed by atoms with Gasteiger partial charge >= 0.3 is 0 Å². The maximum absolute atomic E-state index is 12.3. The van der Waals surface area contributed by atoms with Crippen LogP contribution in [0.5, 0.6) is 0 Å². The van der Waals surface area contributed by atoms with Crippen molar-refractivity contribution in [2.45, 2.75) is 38.3 Å². The summed E-state index contributed by atoms with van der Waals surface area (Å²) in [6.07, 6.45) is 6.50. The number of thiophene rings is 1. The molecular weight excluding hydrogens is 344 g/mol. The molecular formula is C20H28N4OS. The van der Waals surface area contributed by atoms with Crippen molar-refractivity contribution in [3.05, 3.63) is 46.3 Å². The number of hydrogen-bond donors (Lipinski definition) is 1. The zero-order valence-corrected chi connectivity index (χ0v) is 16.5. The van der Waals surface area contributed by atoms with Crippen LogP contribution in [-0.4, -0.2) is 49.0 Å². The smallest absolute Gasteiger partial charge is 0.252 e. The number of aromatic nitrogens is 1. The molecule has 3 heterocycles. The van der Waals surface area contributed by atoms with Gasteiger partial charge in [0.15, 0.2) is 0 Å². The van der Waals surface area contributed by atoms with E-state index in [1.165, 1.54) is 31.4 Å². The van der Waals surface area contributed by atoms with Crippen molar-refractivity contribution in [3.8, 4) is 0 Å². The first-order chi connectivity index (χ1) is 12.6. The molecule has 1 amide bonds. The van der Waals surface area contributed by atoms with Gasteiger partial charge in [-0.05, 0) is 67.4 Å². The van der Waals surface area contributed by atoms with Gasteiger partial charge in [0.05, 0.1) is 5.56 Å². The lowest BCUT2D eigenvalue weighted by molar-refractivity contribution is 0.0945. The third kappa shape index (κ3) is 5.05. The zero-order valence-electron chi connectivity index (χ0n) is 15.6. The summed E-state index contributed by atoms with van der Waals surface area (Å²) in [5.74, 6) is 0.833. The molecule has 1 aliphatic rings. The predicted molar refractivity (Wildman–Crippen MR) is 108 cm³/mol. The second kappa shape index (κ2) is 9.14. The van der Waals surface area contributed by atoms with Crippen molar-refractivity contribution in [3.63, 3.8) is 0 Å². The van der Waals surface area contributed by atoms with Crippen LogP contribution in [0.25, 0.3) is 0 Å².